The predicted molar refractivity (Wildman–Crippen MR) is 39.6 cm³/mol. The van der Waals surface area contributed by atoms with E-state index < -0.39 is 0 Å². The van der Waals surface area contributed by atoms with Gasteiger partial charge in [0, 0.05) is 0 Å². The average molecular weight is 138 g/mol. The third-order valence-electron chi connectivity index (χ3n) is 0.675. The van der Waals surface area contributed by atoms with Gasteiger partial charge in [0.25, 0.3) is 0 Å². The van der Waals surface area contributed by atoms with E-state index in [0.29, 0.717) is 0 Å². The molecular weight excluding hydrogens is 128 g/mol. The van der Waals surface area contributed by atoms with Gasteiger partial charge in [-0.3, -0.25) is 0 Å². The summed E-state index contributed by atoms with van der Waals surface area (Å²) in [4.78, 5) is 0. The first kappa shape index (κ1) is 8.64. The molecule has 0 saturated heterocycles. The van der Waals surface area contributed by atoms with E-state index in [1.807, 2.05) is 13.8 Å². The number of hydrogen-bond donors (Lipinski definition) is 0. The van der Waals surface area contributed by atoms with Gasteiger partial charge in [0.1, 0.15) is 25.0 Å². The quantitative estimate of drug-likeness (QED) is 0.477. The summed E-state index contributed by atoms with van der Waals surface area (Å²) >= 11 is 0. The molecular formula is C8H10O2. The van der Waals surface area contributed by atoms with Gasteiger partial charge >= 0.3 is 0 Å². The number of ether oxygens (including phenoxy) is 2. The molecule has 0 aliphatic carbocycles. The van der Waals surface area contributed by atoms with Gasteiger partial charge < -0.3 is 9.47 Å². The highest BCUT2D eigenvalue weighted by molar-refractivity contribution is 4.89. The van der Waals surface area contributed by atoms with Crippen LogP contribution in [-0.2, 0) is 9.47 Å². The maximum absolute atomic E-state index is 4.58. The van der Waals surface area contributed by atoms with Crippen molar-refractivity contribution >= 4 is 0 Å². The fourth-order valence-corrected chi connectivity index (χ4v) is 0.219. The number of rotatable bonds is 0. The highest BCUT2D eigenvalue weighted by Crippen LogP contribution is 1.89. The lowest BCUT2D eigenvalue weighted by atomic mass is 10.7. The van der Waals surface area contributed by atoms with E-state index in [-0.39, 0.29) is 0 Å². The monoisotopic (exact) mass is 138 g/mol. The van der Waals surface area contributed by atoms with Crippen LogP contribution in [0.5, 0.6) is 0 Å². The van der Waals surface area contributed by atoms with E-state index in [4.69, 9.17) is 0 Å². The van der Waals surface area contributed by atoms with E-state index in [2.05, 4.69) is 21.3 Å². The van der Waals surface area contributed by atoms with Crippen molar-refractivity contribution in [3.8, 4) is 11.8 Å². The largest absolute Gasteiger partial charge is 0.466 e. The normalized spacial score (nSPS) is 11.0. The molecule has 0 radical (unpaired) electrons. The van der Waals surface area contributed by atoms with Crippen LogP contribution in [0.3, 0.4) is 0 Å². The lowest BCUT2D eigenvalue weighted by molar-refractivity contribution is 0.290. The van der Waals surface area contributed by atoms with Crippen molar-refractivity contribution in [3.63, 3.8) is 0 Å². The minimum Gasteiger partial charge on any atom is -0.466 e. The van der Waals surface area contributed by atoms with Crippen molar-refractivity contribution in [1.29, 1.82) is 0 Å². The van der Waals surface area contributed by atoms with Crippen LogP contribution >= 0.6 is 0 Å². The highest BCUT2D eigenvalue weighted by Gasteiger charge is 1.74. The summed E-state index contributed by atoms with van der Waals surface area (Å²) in [7, 11) is 0. The van der Waals surface area contributed by atoms with Crippen LogP contribution in [0.1, 0.15) is 13.8 Å². The molecule has 0 aromatic heterocycles. The van der Waals surface area contributed by atoms with Gasteiger partial charge in [-0.15, -0.1) is 11.8 Å². The van der Waals surface area contributed by atoms with E-state index in [1.54, 1.807) is 0 Å². The fraction of sp³-hybridized carbons (Fsp3) is 0.250. The minimum atomic E-state index is 1.46. The molecule has 2 heteroatoms. The molecule has 0 bridgehead atoms. The van der Waals surface area contributed by atoms with Crippen LogP contribution in [-0.4, -0.2) is 0 Å². The van der Waals surface area contributed by atoms with Crippen LogP contribution in [0.4, 0.5) is 0 Å². The summed E-state index contributed by atoms with van der Waals surface area (Å²) in [6.45, 7) is 3.64. The second kappa shape index (κ2) is 7.64. The van der Waals surface area contributed by atoms with Crippen LogP contribution in [0, 0.1) is 11.8 Å². The van der Waals surface area contributed by atoms with Crippen molar-refractivity contribution in [2.75, 3.05) is 0 Å². The molecule has 0 fully saturated rings. The Morgan fingerprint density at radius 3 is 1.20 bits per heavy atom. The van der Waals surface area contributed by atoms with Gasteiger partial charge in [0.2, 0.25) is 0 Å². The lowest BCUT2D eigenvalue weighted by Crippen LogP contribution is -1.74. The zero-order chi connectivity index (χ0) is 7.66. The summed E-state index contributed by atoms with van der Waals surface area (Å²) in [6, 6.07) is 0. The lowest BCUT2D eigenvalue weighted by Gasteiger charge is -1.94. The van der Waals surface area contributed by atoms with Gasteiger partial charge in [-0.2, -0.15) is 0 Å². The van der Waals surface area contributed by atoms with Crippen LogP contribution in [0.15, 0.2) is 25.0 Å². The summed E-state index contributed by atoms with van der Waals surface area (Å²) in [6.07, 6.45) is 5.83. The van der Waals surface area contributed by atoms with Crippen molar-refractivity contribution in [2.45, 2.75) is 13.8 Å². The molecule has 0 saturated carbocycles. The molecule has 2 nitrogen and oxygen atoms in total. The van der Waals surface area contributed by atoms with Crippen LogP contribution < -0.4 is 0 Å². The molecule has 1 rings (SSSR count). The average Bonchev–Trinajstić information content (AvgIpc) is 2.08. The Hall–Kier alpha value is -1.36. The Labute approximate surface area is 61.1 Å². The van der Waals surface area contributed by atoms with Crippen molar-refractivity contribution < 1.29 is 9.47 Å². The first-order valence-electron chi connectivity index (χ1n) is 2.86. The summed E-state index contributed by atoms with van der Waals surface area (Å²) in [5.74, 6) is 5.36. The molecule has 1 heterocycles. The highest BCUT2D eigenvalue weighted by atomic mass is 16.5. The minimum absolute atomic E-state index is 1.46. The van der Waals surface area contributed by atoms with Crippen molar-refractivity contribution in [1.82, 2.24) is 0 Å². The fourth-order valence-electron chi connectivity index (χ4n) is 0.219. The second-order valence-corrected chi connectivity index (χ2v) is 1.32. The molecule has 10 heavy (non-hydrogen) atoms. The molecule has 0 atom stereocenters. The Kier molecular flexibility index (Phi) is 6.60. The van der Waals surface area contributed by atoms with Gasteiger partial charge in [-0.25, -0.2) is 0 Å². The molecule has 1 aliphatic rings. The van der Waals surface area contributed by atoms with E-state index >= 15 is 0 Å². The van der Waals surface area contributed by atoms with Crippen LogP contribution in [0.2, 0.25) is 0 Å². The molecule has 0 aromatic rings. The predicted octanol–water partition coefficient (Wildman–Crippen LogP) is 2.01. The summed E-state index contributed by atoms with van der Waals surface area (Å²) < 4.78 is 9.17. The molecule has 0 N–H and O–H groups in total. The molecule has 1 aliphatic heterocycles. The van der Waals surface area contributed by atoms with Crippen molar-refractivity contribution in [2.24, 2.45) is 0 Å². The third kappa shape index (κ3) is 6.64. The molecule has 54 valence electrons. The first-order valence-corrected chi connectivity index (χ1v) is 2.86. The SMILES string of the molecule is C1=COC=CO1.CC#CC. The van der Waals surface area contributed by atoms with Crippen LogP contribution in [0.25, 0.3) is 0 Å². The van der Waals surface area contributed by atoms with Gasteiger partial charge in [-0.05, 0) is 13.8 Å². The standard InChI is InChI=1S/C4H4O2.C4H6/c1-2-6-4-3-5-1;1-3-4-2/h1-4H;1-2H3. The van der Waals surface area contributed by atoms with Crippen molar-refractivity contribution in [3.05, 3.63) is 25.0 Å². The Morgan fingerprint density at radius 1 is 0.800 bits per heavy atom. The maximum atomic E-state index is 4.58. The van der Waals surface area contributed by atoms with Gasteiger partial charge in [0.05, 0.1) is 0 Å². The maximum Gasteiger partial charge on any atom is 0.125 e. The molecule has 0 unspecified atom stereocenters. The number of hydrogen-bond acceptors (Lipinski definition) is 2. The molecule has 0 amide bonds. The van der Waals surface area contributed by atoms with Gasteiger partial charge in [0.15, 0.2) is 0 Å². The molecule has 0 aromatic carbocycles. The summed E-state index contributed by atoms with van der Waals surface area (Å²) in [5.41, 5.74) is 0. The smallest absolute Gasteiger partial charge is 0.125 e. The van der Waals surface area contributed by atoms with E-state index in [0.717, 1.165) is 0 Å². The topological polar surface area (TPSA) is 18.5 Å². The third-order valence-corrected chi connectivity index (χ3v) is 0.675. The summed E-state index contributed by atoms with van der Waals surface area (Å²) in [5, 5.41) is 0. The second-order valence-electron chi connectivity index (χ2n) is 1.32. The van der Waals surface area contributed by atoms with E-state index in [1.165, 1.54) is 25.0 Å². The van der Waals surface area contributed by atoms with Gasteiger partial charge in [-0.1, -0.05) is 0 Å². The molecule has 0 spiro atoms. The zero-order valence-electron chi connectivity index (χ0n) is 6.13. The first-order chi connectivity index (χ1) is 4.91. The van der Waals surface area contributed by atoms with E-state index in [9.17, 15) is 0 Å². The Balaban J connectivity index is 0.000000180. The Morgan fingerprint density at radius 2 is 1.10 bits per heavy atom. The zero-order valence-corrected chi connectivity index (χ0v) is 6.13. The Bertz CT molecular complexity index is 143.